The summed E-state index contributed by atoms with van der Waals surface area (Å²) in [5.41, 5.74) is 1.15. The summed E-state index contributed by atoms with van der Waals surface area (Å²) in [6, 6.07) is 12.9. The van der Waals surface area contributed by atoms with E-state index < -0.39 is 0 Å². The fourth-order valence-electron chi connectivity index (χ4n) is 1.77. The second kappa shape index (κ2) is 4.38. The highest BCUT2D eigenvalue weighted by Gasteiger charge is 2.17. The highest BCUT2D eigenvalue weighted by molar-refractivity contribution is 9.10. The number of fused-ring (bicyclic) bond motifs is 1. The predicted molar refractivity (Wildman–Crippen MR) is 71.6 cm³/mol. The van der Waals surface area contributed by atoms with E-state index in [0.29, 0.717) is 15.9 Å². The molecule has 0 unspecified atom stereocenters. The van der Waals surface area contributed by atoms with Gasteiger partial charge in [-0.1, -0.05) is 18.2 Å². The number of aromatic nitrogens is 1. The minimum atomic E-state index is -0.224. The summed E-state index contributed by atoms with van der Waals surface area (Å²) in [5.74, 6) is 0.0658. The molecule has 3 aromatic rings. The standard InChI is InChI=1S/C14H8BrNO2/c15-10-8-9-4-1-2-5-11(9)16-13(10)14(17)12-6-3-7-18-12/h1-8H. The molecule has 1 aromatic carbocycles. The lowest BCUT2D eigenvalue weighted by Crippen LogP contribution is -2.04. The molecule has 0 aliphatic rings. The number of benzene rings is 1. The highest BCUT2D eigenvalue weighted by Crippen LogP contribution is 2.23. The van der Waals surface area contributed by atoms with Crippen LogP contribution in [0.1, 0.15) is 16.2 Å². The Bertz CT molecular complexity index is 720. The van der Waals surface area contributed by atoms with E-state index in [9.17, 15) is 4.79 Å². The molecule has 3 rings (SSSR count). The van der Waals surface area contributed by atoms with Crippen LogP contribution in [0.4, 0.5) is 0 Å². The van der Waals surface area contributed by atoms with Crippen LogP contribution in [0.25, 0.3) is 10.9 Å². The topological polar surface area (TPSA) is 43.1 Å². The molecular formula is C14H8BrNO2. The number of hydrogen-bond donors (Lipinski definition) is 0. The van der Waals surface area contributed by atoms with E-state index in [2.05, 4.69) is 20.9 Å². The third kappa shape index (κ3) is 1.84. The summed E-state index contributed by atoms with van der Waals surface area (Å²) in [7, 11) is 0. The van der Waals surface area contributed by atoms with Crippen LogP contribution < -0.4 is 0 Å². The van der Waals surface area contributed by atoms with Gasteiger partial charge in [0.15, 0.2) is 5.76 Å². The van der Waals surface area contributed by atoms with E-state index in [-0.39, 0.29) is 5.78 Å². The SMILES string of the molecule is O=C(c1ccco1)c1nc2ccccc2cc1Br. The zero-order valence-electron chi connectivity index (χ0n) is 9.26. The van der Waals surface area contributed by atoms with Crippen molar-refractivity contribution in [3.8, 4) is 0 Å². The molecule has 88 valence electrons. The average Bonchev–Trinajstić information content (AvgIpc) is 2.91. The van der Waals surface area contributed by atoms with Crippen molar-refractivity contribution in [1.82, 2.24) is 4.98 Å². The van der Waals surface area contributed by atoms with E-state index in [1.807, 2.05) is 30.3 Å². The molecule has 3 nitrogen and oxygen atoms in total. The van der Waals surface area contributed by atoms with Gasteiger partial charge in [0.05, 0.1) is 11.8 Å². The van der Waals surface area contributed by atoms with Gasteiger partial charge in [-0.3, -0.25) is 4.79 Å². The Morgan fingerprint density at radius 1 is 1.17 bits per heavy atom. The molecule has 2 heterocycles. The molecule has 0 aliphatic heterocycles. The van der Waals surface area contributed by atoms with Gasteiger partial charge in [0.25, 0.3) is 0 Å². The van der Waals surface area contributed by atoms with Crippen molar-refractivity contribution < 1.29 is 9.21 Å². The van der Waals surface area contributed by atoms with Crippen LogP contribution >= 0.6 is 15.9 Å². The molecule has 4 heteroatoms. The quantitative estimate of drug-likeness (QED) is 0.676. The Balaban J connectivity index is 2.17. The summed E-state index contributed by atoms with van der Waals surface area (Å²) >= 11 is 3.38. The zero-order valence-corrected chi connectivity index (χ0v) is 10.8. The Hall–Kier alpha value is -1.94. The molecule has 0 saturated carbocycles. The van der Waals surface area contributed by atoms with Crippen molar-refractivity contribution in [3.63, 3.8) is 0 Å². The number of pyridine rings is 1. The van der Waals surface area contributed by atoms with Gasteiger partial charge in [-0.2, -0.15) is 0 Å². The molecule has 0 radical (unpaired) electrons. The maximum absolute atomic E-state index is 12.2. The van der Waals surface area contributed by atoms with Crippen LogP contribution in [0.3, 0.4) is 0 Å². The van der Waals surface area contributed by atoms with Crippen LogP contribution in [0.2, 0.25) is 0 Å². The monoisotopic (exact) mass is 301 g/mol. The first-order valence-electron chi connectivity index (χ1n) is 5.39. The molecule has 18 heavy (non-hydrogen) atoms. The van der Waals surface area contributed by atoms with Crippen LogP contribution in [-0.4, -0.2) is 10.8 Å². The summed E-state index contributed by atoms with van der Waals surface area (Å²) in [6.07, 6.45) is 1.47. The maximum Gasteiger partial charge on any atom is 0.247 e. The van der Waals surface area contributed by atoms with E-state index in [1.165, 1.54) is 6.26 Å². The van der Waals surface area contributed by atoms with Gasteiger partial charge < -0.3 is 4.42 Å². The lowest BCUT2D eigenvalue weighted by atomic mass is 10.1. The van der Waals surface area contributed by atoms with Crippen molar-refractivity contribution in [2.24, 2.45) is 0 Å². The van der Waals surface area contributed by atoms with Crippen LogP contribution in [0, 0.1) is 0 Å². The number of carbonyl (C=O) groups is 1. The minimum absolute atomic E-state index is 0.224. The lowest BCUT2D eigenvalue weighted by molar-refractivity contribution is 0.100. The number of carbonyl (C=O) groups excluding carboxylic acids is 1. The molecule has 0 bridgehead atoms. The average molecular weight is 302 g/mol. The van der Waals surface area contributed by atoms with Crippen LogP contribution in [0.5, 0.6) is 0 Å². The summed E-state index contributed by atoms with van der Waals surface area (Å²) in [6.45, 7) is 0. The van der Waals surface area contributed by atoms with Crippen molar-refractivity contribution in [1.29, 1.82) is 0 Å². The van der Waals surface area contributed by atoms with Crippen molar-refractivity contribution in [2.45, 2.75) is 0 Å². The van der Waals surface area contributed by atoms with Gasteiger partial charge in [0.1, 0.15) is 5.69 Å². The molecule has 0 amide bonds. The van der Waals surface area contributed by atoms with Crippen molar-refractivity contribution >= 4 is 32.6 Å². The molecule has 0 fully saturated rings. The van der Waals surface area contributed by atoms with Gasteiger partial charge in [-0.15, -0.1) is 0 Å². The predicted octanol–water partition coefficient (Wildman–Crippen LogP) is 3.82. The summed E-state index contributed by atoms with van der Waals surface area (Å²) in [5, 5.41) is 0.986. The molecular weight excluding hydrogens is 294 g/mol. The summed E-state index contributed by atoms with van der Waals surface area (Å²) < 4.78 is 5.78. The normalized spacial score (nSPS) is 10.7. The Labute approximate surface area is 112 Å². The van der Waals surface area contributed by atoms with Gasteiger partial charge in [0, 0.05) is 9.86 Å². The zero-order chi connectivity index (χ0) is 12.5. The van der Waals surface area contributed by atoms with Gasteiger partial charge in [0.2, 0.25) is 5.78 Å². The first-order valence-corrected chi connectivity index (χ1v) is 6.18. The van der Waals surface area contributed by atoms with Crippen LogP contribution in [0.15, 0.2) is 57.6 Å². The molecule has 0 aliphatic carbocycles. The first-order chi connectivity index (χ1) is 8.75. The second-order valence-electron chi connectivity index (χ2n) is 3.82. The maximum atomic E-state index is 12.2. The Kier molecular flexibility index (Phi) is 2.72. The molecule has 2 aromatic heterocycles. The van der Waals surface area contributed by atoms with Crippen molar-refractivity contribution in [2.75, 3.05) is 0 Å². The van der Waals surface area contributed by atoms with E-state index in [4.69, 9.17) is 4.42 Å². The number of halogens is 1. The van der Waals surface area contributed by atoms with Gasteiger partial charge in [-0.25, -0.2) is 4.98 Å². The van der Waals surface area contributed by atoms with Crippen molar-refractivity contribution in [3.05, 3.63) is 64.7 Å². The van der Waals surface area contributed by atoms with E-state index in [1.54, 1.807) is 12.1 Å². The Morgan fingerprint density at radius 3 is 2.78 bits per heavy atom. The molecule has 0 saturated heterocycles. The minimum Gasteiger partial charge on any atom is -0.461 e. The fourth-order valence-corrected chi connectivity index (χ4v) is 2.29. The lowest BCUT2D eigenvalue weighted by Gasteiger charge is -2.03. The van der Waals surface area contributed by atoms with Crippen LogP contribution in [-0.2, 0) is 0 Å². The second-order valence-corrected chi connectivity index (χ2v) is 4.67. The molecule has 0 spiro atoms. The fraction of sp³-hybridized carbons (Fsp3) is 0. The third-order valence-electron chi connectivity index (χ3n) is 2.64. The summed E-state index contributed by atoms with van der Waals surface area (Å²) in [4.78, 5) is 16.6. The number of para-hydroxylation sites is 1. The molecule has 0 N–H and O–H groups in total. The Morgan fingerprint density at radius 2 is 2.00 bits per heavy atom. The third-order valence-corrected chi connectivity index (χ3v) is 3.24. The number of rotatable bonds is 2. The van der Waals surface area contributed by atoms with E-state index >= 15 is 0 Å². The van der Waals surface area contributed by atoms with E-state index in [0.717, 1.165) is 10.9 Å². The largest absolute Gasteiger partial charge is 0.461 e. The molecule has 0 atom stereocenters. The van der Waals surface area contributed by atoms with Gasteiger partial charge in [-0.05, 0) is 40.2 Å². The smallest absolute Gasteiger partial charge is 0.247 e. The first kappa shape index (κ1) is 11.2. The number of ketones is 1. The highest BCUT2D eigenvalue weighted by atomic mass is 79.9. The number of furan rings is 1. The van der Waals surface area contributed by atoms with Gasteiger partial charge >= 0.3 is 0 Å². The number of hydrogen-bond acceptors (Lipinski definition) is 3. The number of nitrogens with zero attached hydrogens (tertiary/aromatic N) is 1.